The molecule has 6 heterocycles. The average molecular weight is 546 g/mol. The zero-order chi connectivity index (χ0) is 26.2. The van der Waals surface area contributed by atoms with E-state index in [0.717, 1.165) is 59.8 Å². The average Bonchev–Trinajstić information content (AvgIpc) is 3.73. The summed E-state index contributed by atoms with van der Waals surface area (Å²) >= 11 is 3.55. The van der Waals surface area contributed by atoms with Crippen LogP contribution in [-0.4, -0.2) is 15.0 Å². The van der Waals surface area contributed by atoms with Crippen LogP contribution in [-0.2, 0) is 0 Å². The number of rotatable bonds is 0. The number of aromatic nitrogens is 3. The van der Waals surface area contributed by atoms with Gasteiger partial charge in [-0.1, -0.05) is 72.8 Å². The molecular weight excluding hydrogens is 527 g/mol. The number of nitrogens with zero attached hydrogens (tertiary/aromatic N) is 3. The summed E-state index contributed by atoms with van der Waals surface area (Å²) in [6, 6.07) is 38.8. The van der Waals surface area contributed by atoms with Crippen LogP contribution < -0.4 is 0 Å². The summed E-state index contributed by atoms with van der Waals surface area (Å²) in [5.41, 5.74) is 9.59. The maximum atomic E-state index is 5.20. The number of hydrogen-bond acceptors (Lipinski definition) is 5. The zero-order valence-corrected chi connectivity index (χ0v) is 22.8. The van der Waals surface area contributed by atoms with Crippen molar-refractivity contribution in [1.29, 1.82) is 0 Å². The maximum Gasteiger partial charge on any atom is 0.0889 e. The van der Waals surface area contributed by atoms with Crippen LogP contribution >= 0.6 is 22.7 Å². The Morgan fingerprint density at radius 2 is 0.800 bits per heavy atom. The van der Waals surface area contributed by atoms with Crippen LogP contribution in [0.15, 0.2) is 115 Å². The van der Waals surface area contributed by atoms with E-state index in [9.17, 15) is 0 Å². The van der Waals surface area contributed by atoms with Crippen molar-refractivity contribution in [2.75, 3.05) is 0 Å². The second-order valence-electron chi connectivity index (χ2n) is 10.0. The Morgan fingerprint density at radius 3 is 1.32 bits per heavy atom. The van der Waals surface area contributed by atoms with Gasteiger partial charge < -0.3 is 0 Å². The van der Waals surface area contributed by atoms with Crippen molar-refractivity contribution in [1.82, 2.24) is 15.0 Å². The zero-order valence-electron chi connectivity index (χ0n) is 21.1. The summed E-state index contributed by atoms with van der Waals surface area (Å²) in [5, 5.41) is 3.61. The van der Waals surface area contributed by atoms with Crippen LogP contribution in [0, 0.1) is 0 Å². The van der Waals surface area contributed by atoms with Gasteiger partial charge in [0.2, 0.25) is 0 Å². The van der Waals surface area contributed by atoms with Crippen molar-refractivity contribution < 1.29 is 0 Å². The molecule has 9 rings (SSSR count). The van der Waals surface area contributed by atoms with Gasteiger partial charge in [0.05, 0.1) is 33.0 Å². The highest BCUT2D eigenvalue weighted by atomic mass is 32.1. The number of pyridine rings is 1. The van der Waals surface area contributed by atoms with E-state index in [-0.39, 0.29) is 0 Å². The van der Waals surface area contributed by atoms with Gasteiger partial charge in [0.1, 0.15) is 0 Å². The summed E-state index contributed by atoms with van der Waals surface area (Å²) in [4.78, 5) is 15.2. The fourth-order valence-electron chi connectivity index (χ4n) is 5.88. The van der Waals surface area contributed by atoms with Crippen LogP contribution in [0.3, 0.4) is 0 Å². The molecule has 0 spiro atoms. The lowest BCUT2D eigenvalue weighted by atomic mass is 10.0. The molecule has 5 heteroatoms. The number of hydrogen-bond donors (Lipinski definition) is 0. The van der Waals surface area contributed by atoms with E-state index in [2.05, 4.69) is 103 Å². The van der Waals surface area contributed by atoms with Crippen LogP contribution in [0.25, 0.3) is 85.5 Å². The first-order valence-corrected chi connectivity index (χ1v) is 14.8. The first-order valence-electron chi connectivity index (χ1n) is 13.2. The molecule has 0 saturated carbocycles. The lowest BCUT2D eigenvalue weighted by Crippen LogP contribution is -1.75. The van der Waals surface area contributed by atoms with Gasteiger partial charge in [0, 0.05) is 58.7 Å². The minimum absolute atomic E-state index is 0.973. The predicted octanol–water partition coefficient (Wildman–Crippen LogP) is 10.2. The van der Waals surface area contributed by atoms with Gasteiger partial charge >= 0.3 is 0 Å². The van der Waals surface area contributed by atoms with Crippen molar-refractivity contribution in [3.8, 4) is 45.0 Å². The van der Waals surface area contributed by atoms with Gasteiger partial charge in [0.15, 0.2) is 0 Å². The van der Waals surface area contributed by atoms with Crippen molar-refractivity contribution in [2.24, 2.45) is 0 Å². The summed E-state index contributed by atoms with van der Waals surface area (Å²) in [5.74, 6) is 0. The van der Waals surface area contributed by atoms with E-state index >= 15 is 0 Å². The van der Waals surface area contributed by atoms with Gasteiger partial charge in [-0.2, -0.15) is 0 Å². The minimum atomic E-state index is 0.973. The highest BCUT2D eigenvalue weighted by molar-refractivity contribution is 7.26. The van der Waals surface area contributed by atoms with E-state index < -0.39 is 0 Å². The molecule has 4 aromatic heterocycles. The van der Waals surface area contributed by atoms with E-state index in [0.29, 0.717) is 0 Å². The first-order chi connectivity index (χ1) is 19.8. The summed E-state index contributed by atoms with van der Waals surface area (Å²) in [7, 11) is 0. The highest BCUT2D eigenvalue weighted by Gasteiger charge is 2.19. The van der Waals surface area contributed by atoms with Gasteiger partial charge in [0.25, 0.3) is 0 Å². The largest absolute Gasteiger partial charge is 0.255 e. The predicted molar refractivity (Wildman–Crippen MR) is 170 cm³/mol. The SMILES string of the molecule is c1ccc2c(c1)-c1cc3sc(cc4nc(cc5sc(cc-2n1)c1cccnc51)-c1ccccc1-4)c1ccccc31. The quantitative estimate of drug-likeness (QED) is 0.190. The van der Waals surface area contributed by atoms with Crippen LogP contribution in [0.1, 0.15) is 0 Å². The van der Waals surface area contributed by atoms with E-state index in [4.69, 9.17) is 15.0 Å². The van der Waals surface area contributed by atoms with Crippen LogP contribution in [0.5, 0.6) is 0 Å². The van der Waals surface area contributed by atoms with Gasteiger partial charge in [-0.25, -0.2) is 9.97 Å². The molecule has 0 radical (unpaired) electrons. The summed E-state index contributed by atoms with van der Waals surface area (Å²) in [6.45, 7) is 0. The third-order valence-electron chi connectivity index (χ3n) is 7.72. The fourth-order valence-corrected chi connectivity index (χ4v) is 8.15. The van der Waals surface area contributed by atoms with Crippen LogP contribution in [0.4, 0.5) is 0 Å². The Bertz CT molecular complexity index is 2020. The molecule has 0 amide bonds. The molecule has 0 N–H and O–H groups in total. The van der Waals surface area contributed by atoms with Gasteiger partial charge in [-0.15, -0.1) is 22.7 Å². The molecule has 7 aromatic rings. The van der Waals surface area contributed by atoms with Crippen molar-refractivity contribution in [3.63, 3.8) is 0 Å². The normalized spacial score (nSPS) is 12.0. The second-order valence-corrected chi connectivity index (χ2v) is 12.2. The molecule has 0 saturated heterocycles. The van der Waals surface area contributed by atoms with E-state index in [1.165, 1.54) is 25.7 Å². The Kier molecular flexibility index (Phi) is 4.65. The molecule has 2 aliphatic rings. The van der Waals surface area contributed by atoms with Crippen LogP contribution in [0.2, 0.25) is 0 Å². The van der Waals surface area contributed by atoms with Gasteiger partial charge in [-0.3, -0.25) is 4.98 Å². The molecule has 0 atom stereocenters. The summed E-state index contributed by atoms with van der Waals surface area (Å²) in [6.07, 6.45) is 1.87. The molecule has 0 fully saturated rings. The van der Waals surface area contributed by atoms with Crippen molar-refractivity contribution in [2.45, 2.75) is 0 Å². The Labute approximate surface area is 237 Å². The molecule has 3 aromatic carbocycles. The molecular formula is C35H19N3S2. The molecule has 8 bridgehead atoms. The number of fused-ring (bicyclic) bond motifs is 20. The monoisotopic (exact) mass is 545 g/mol. The topological polar surface area (TPSA) is 38.7 Å². The molecule has 2 aliphatic heterocycles. The maximum absolute atomic E-state index is 5.20. The molecule has 40 heavy (non-hydrogen) atoms. The van der Waals surface area contributed by atoms with E-state index in [1.54, 1.807) is 22.7 Å². The fraction of sp³-hybridized carbons (Fsp3) is 0. The highest BCUT2D eigenvalue weighted by Crippen LogP contribution is 2.43. The molecule has 0 aliphatic carbocycles. The van der Waals surface area contributed by atoms with Crippen molar-refractivity contribution >= 4 is 63.1 Å². The lowest BCUT2D eigenvalue weighted by Gasteiger charge is -1.97. The number of benzene rings is 3. The molecule has 0 unspecified atom stereocenters. The number of thiophene rings is 2. The third kappa shape index (κ3) is 3.25. The van der Waals surface area contributed by atoms with E-state index in [1.807, 2.05) is 12.3 Å². The standard InChI is InChI=1S/C35H19N3S2/c1-2-9-21-20(8-1)27-16-31-24-12-5-6-13-25(24)32(39-31)17-28-22-10-3-4-11-23(22)30(38-28)19-34-35-26(14-7-15-36-35)33(40-34)18-29(21)37-27/h1-19H. The van der Waals surface area contributed by atoms with Crippen molar-refractivity contribution in [3.05, 3.63) is 115 Å². The smallest absolute Gasteiger partial charge is 0.0889 e. The Morgan fingerprint density at radius 1 is 0.400 bits per heavy atom. The Hall–Kier alpha value is -4.71. The van der Waals surface area contributed by atoms with Gasteiger partial charge in [-0.05, 0) is 36.4 Å². The summed E-state index contributed by atoms with van der Waals surface area (Å²) < 4.78 is 4.68. The molecule has 3 nitrogen and oxygen atoms in total. The molecule has 186 valence electrons. The lowest BCUT2D eigenvalue weighted by molar-refractivity contribution is 1.42. The third-order valence-corrected chi connectivity index (χ3v) is 9.92. The minimum Gasteiger partial charge on any atom is -0.255 e. The second kappa shape index (κ2) is 8.39. The first kappa shape index (κ1) is 22.1. The Balaban J connectivity index is 1.51.